The van der Waals surface area contributed by atoms with Crippen LogP contribution >= 0.6 is 11.6 Å². The van der Waals surface area contributed by atoms with Crippen molar-refractivity contribution in [3.05, 3.63) is 70.2 Å². The van der Waals surface area contributed by atoms with Crippen LogP contribution in [0.1, 0.15) is 21.5 Å². The van der Waals surface area contributed by atoms with Crippen LogP contribution in [0.15, 0.2) is 48.5 Å². The summed E-state index contributed by atoms with van der Waals surface area (Å²) < 4.78 is 4.77. The third kappa shape index (κ3) is 2.90. The fraction of sp³-hybridized carbons (Fsp3) is 0.133. The minimum atomic E-state index is -0.358. The number of esters is 1. The van der Waals surface area contributed by atoms with E-state index in [0.717, 1.165) is 11.1 Å². The van der Waals surface area contributed by atoms with Gasteiger partial charge in [0, 0.05) is 5.02 Å². The van der Waals surface area contributed by atoms with Gasteiger partial charge in [-0.3, -0.25) is 0 Å². The van der Waals surface area contributed by atoms with Crippen molar-refractivity contribution in [1.29, 1.82) is 0 Å². The van der Waals surface area contributed by atoms with Crippen LogP contribution in [0.5, 0.6) is 0 Å². The van der Waals surface area contributed by atoms with E-state index in [0.29, 0.717) is 17.0 Å². The minimum absolute atomic E-state index is 0.358. The zero-order valence-electron chi connectivity index (χ0n) is 10.0. The number of benzene rings is 2. The summed E-state index contributed by atoms with van der Waals surface area (Å²) in [6, 6.07) is 15.3. The van der Waals surface area contributed by atoms with Crippen LogP contribution in [0.25, 0.3) is 0 Å². The molecule has 0 atom stereocenters. The molecule has 0 saturated heterocycles. The van der Waals surface area contributed by atoms with Gasteiger partial charge in [0.05, 0.1) is 12.7 Å². The molecule has 2 aromatic rings. The van der Waals surface area contributed by atoms with E-state index in [1.807, 2.05) is 36.4 Å². The van der Waals surface area contributed by atoms with Gasteiger partial charge in [-0.05, 0) is 29.7 Å². The predicted octanol–water partition coefficient (Wildman–Crippen LogP) is 3.72. The molecule has 0 aliphatic carbocycles. The van der Waals surface area contributed by atoms with Gasteiger partial charge in [-0.25, -0.2) is 4.79 Å². The van der Waals surface area contributed by atoms with Crippen molar-refractivity contribution in [3.8, 4) is 0 Å². The molecular weight excluding hydrogens is 248 g/mol. The van der Waals surface area contributed by atoms with Gasteiger partial charge in [-0.1, -0.05) is 48.0 Å². The number of carbonyl (C=O) groups is 1. The summed E-state index contributed by atoms with van der Waals surface area (Å²) in [5.41, 5.74) is 2.58. The predicted molar refractivity (Wildman–Crippen MR) is 72.0 cm³/mol. The highest BCUT2D eigenvalue weighted by Gasteiger charge is 2.12. The lowest BCUT2D eigenvalue weighted by Crippen LogP contribution is -2.06. The first-order chi connectivity index (χ1) is 8.70. The van der Waals surface area contributed by atoms with Crippen molar-refractivity contribution in [1.82, 2.24) is 0 Å². The topological polar surface area (TPSA) is 26.3 Å². The van der Waals surface area contributed by atoms with Gasteiger partial charge >= 0.3 is 5.97 Å². The maximum absolute atomic E-state index is 11.7. The van der Waals surface area contributed by atoms with E-state index in [-0.39, 0.29) is 5.97 Å². The lowest BCUT2D eigenvalue weighted by molar-refractivity contribution is 0.0599. The largest absolute Gasteiger partial charge is 0.465 e. The first-order valence-electron chi connectivity index (χ1n) is 5.61. The number of methoxy groups -OCH3 is 1. The molecule has 0 aliphatic rings. The second-order valence-corrected chi connectivity index (χ2v) is 4.39. The summed E-state index contributed by atoms with van der Waals surface area (Å²) in [5, 5.41) is 0.534. The molecule has 0 fully saturated rings. The molecule has 92 valence electrons. The van der Waals surface area contributed by atoms with Gasteiger partial charge in [0.25, 0.3) is 0 Å². The van der Waals surface area contributed by atoms with Crippen molar-refractivity contribution in [2.75, 3.05) is 7.11 Å². The molecule has 0 N–H and O–H groups in total. The maximum atomic E-state index is 11.7. The number of hydrogen-bond acceptors (Lipinski definition) is 2. The molecule has 0 heterocycles. The van der Waals surface area contributed by atoms with Crippen LogP contribution in [0.3, 0.4) is 0 Å². The van der Waals surface area contributed by atoms with Gasteiger partial charge in [-0.2, -0.15) is 0 Å². The molecule has 0 bridgehead atoms. The summed E-state index contributed by atoms with van der Waals surface area (Å²) in [7, 11) is 1.37. The van der Waals surface area contributed by atoms with Gasteiger partial charge in [0.2, 0.25) is 0 Å². The van der Waals surface area contributed by atoms with Gasteiger partial charge in [0.15, 0.2) is 0 Å². The molecule has 3 heteroatoms. The van der Waals surface area contributed by atoms with Crippen LogP contribution in [-0.2, 0) is 11.2 Å². The number of halogens is 1. The van der Waals surface area contributed by atoms with Crippen molar-refractivity contribution >= 4 is 17.6 Å². The molecule has 2 aromatic carbocycles. The summed E-state index contributed by atoms with van der Waals surface area (Å²) in [4.78, 5) is 11.7. The van der Waals surface area contributed by atoms with E-state index < -0.39 is 0 Å². The normalized spacial score (nSPS) is 10.1. The molecule has 0 saturated carbocycles. The molecule has 0 amide bonds. The zero-order valence-corrected chi connectivity index (χ0v) is 10.8. The smallest absolute Gasteiger partial charge is 0.338 e. The Labute approximate surface area is 111 Å². The Morgan fingerprint density at radius 3 is 2.56 bits per heavy atom. The van der Waals surface area contributed by atoms with Crippen LogP contribution in [0.2, 0.25) is 5.02 Å². The summed E-state index contributed by atoms with van der Waals surface area (Å²) >= 11 is 5.91. The SMILES string of the molecule is COC(=O)c1cc(Cl)ccc1Cc1ccccc1. The molecule has 0 unspecified atom stereocenters. The summed E-state index contributed by atoms with van der Waals surface area (Å²) in [6.07, 6.45) is 0.683. The third-order valence-corrected chi connectivity index (χ3v) is 2.95. The summed E-state index contributed by atoms with van der Waals surface area (Å²) in [5.74, 6) is -0.358. The zero-order chi connectivity index (χ0) is 13.0. The van der Waals surface area contributed by atoms with Gasteiger partial charge in [0.1, 0.15) is 0 Å². The van der Waals surface area contributed by atoms with Crippen molar-refractivity contribution in [2.24, 2.45) is 0 Å². The van der Waals surface area contributed by atoms with Crippen LogP contribution in [0, 0.1) is 0 Å². The molecule has 0 aromatic heterocycles. The lowest BCUT2D eigenvalue weighted by Gasteiger charge is -2.08. The molecule has 2 nitrogen and oxygen atoms in total. The summed E-state index contributed by atoms with van der Waals surface area (Å²) in [6.45, 7) is 0. The fourth-order valence-corrected chi connectivity index (χ4v) is 1.99. The Hall–Kier alpha value is -1.80. The Morgan fingerprint density at radius 1 is 1.17 bits per heavy atom. The molecule has 0 aliphatic heterocycles. The average molecular weight is 261 g/mol. The van der Waals surface area contributed by atoms with Crippen molar-refractivity contribution < 1.29 is 9.53 Å². The van der Waals surface area contributed by atoms with Crippen LogP contribution < -0.4 is 0 Å². The first kappa shape index (κ1) is 12.7. The standard InChI is InChI=1S/C15H13ClO2/c1-18-15(17)14-10-13(16)8-7-12(14)9-11-5-3-2-4-6-11/h2-8,10H,9H2,1H3. The average Bonchev–Trinajstić information content (AvgIpc) is 2.41. The Kier molecular flexibility index (Phi) is 4.00. The molecule has 0 radical (unpaired) electrons. The van der Waals surface area contributed by atoms with E-state index in [1.54, 1.807) is 12.1 Å². The number of rotatable bonds is 3. The number of ether oxygens (including phenoxy) is 1. The minimum Gasteiger partial charge on any atom is -0.465 e. The quantitative estimate of drug-likeness (QED) is 0.787. The highest BCUT2D eigenvalue weighted by Crippen LogP contribution is 2.20. The first-order valence-corrected chi connectivity index (χ1v) is 5.99. The Morgan fingerprint density at radius 2 is 1.89 bits per heavy atom. The van der Waals surface area contributed by atoms with Crippen molar-refractivity contribution in [3.63, 3.8) is 0 Å². The van der Waals surface area contributed by atoms with E-state index >= 15 is 0 Å². The van der Waals surface area contributed by atoms with E-state index in [2.05, 4.69) is 0 Å². The van der Waals surface area contributed by atoms with Crippen LogP contribution in [0.4, 0.5) is 0 Å². The van der Waals surface area contributed by atoms with Crippen molar-refractivity contribution in [2.45, 2.75) is 6.42 Å². The fourth-order valence-electron chi connectivity index (χ4n) is 1.82. The maximum Gasteiger partial charge on any atom is 0.338 e. The number of hydrogen-bond donors (Lipinski definition) is 0. The Bertz CT molecular complexity index is 550. The Balaban J connectivity index is 2.35. The third-order valence-electron chi connectivity index (χ3n) is 2.71. The molecule has 18 heavy (non-hydrogen) atoms. The lowest BCUT2D eigenvalue weighted by atomic mass is 10.00. The molecule has 2 rings (SSSR count). The van der Waals surface area contributed by atoms with Gasteiger partial charge in [-0.15, -0.1) is 0 Å². The monoisotopic (exact) mass is 260 g/mol. The van der Waals surface area contributed by atoms with E-state index in [1.165, 1.54) is 7.11 Å². The van der Waals surface area contributed by atoms with Gasteiger partial charge < -0.3 is 4.74 Å². The second kappa shape index (κ2) is 5.69. The molecule has 0 spiro atoms. The van der Waals surface area contributed by atoms with Crippen LogP contribution in [-0.4, -0.2) is 13.1 Å². The van der Waals surface area contributed by atoms with E-state index in [4.69, 9.17) is 16.3 Å². The van der Waals surface area contributed by atoms with E-state index in [9.17, 15) is 4.79 Å². The molecular formula is C15H13ClO2. The number of carbonyl (C=O) groups excluding carboxylic acids is 1. The second-order valence-electron chi connectivity index (χ2n) is 3.96. The highest BCUT2D eigenvalue weighted by atomic mass is 35.5. The highest BCUT2D eigenvalue weighted by molar-refractivity contribution is 6.31.